The lowest BCUT2D eigenvalue weighted by atomic mass is 9.91. The molecule has 0 aromatic heterocycles. The summed E-state index contributed by atoms with van der Waals surface area (Å²) in [5.41, 5.74) is 1.07. The molecule has 118 valence electrons. The Hall–Kier alpha value is -0.450. The van der Waals surface area contributed by atoms with Crippen molar-refractivity contribution in [3.05, 3.63) is 22.2 Å². The van der Waals surface area contributed by atoms with Crippen molar-refractivity contribution in [1.82, 2.24) is 0 Å². The van der Waals surface area contributed by atoms with Crippen molar-refractivity contribution in [3.63, 3.8) is 0 Å². The highest BCUT2D eigenvalue weighted by atomic mass is 79.9. The van der Waals surface area contributed by atoms with Crippen molar-refractivity contribution in [2.75, 3.05) is 26.4 Å². The standard InChI is InChI=1S/C16H22BrClO3/c1-3-20-14-9-12(13(17)10-15(14)21-4-2)16(18)11-5-7-19-8-6-11/h9-11,16H,3-8H2,1-2H3. The molecule has 1 aliphatic heterocycles. The van der Waals surface area contributed by atoms with Crippen LogP contribution in [-0.4, -0.2) is 26.4 Å². The number of halogens is 2. The first kappa shape index (κ1) is 16.9. The Balaban J connectivity index is 2.27. The molecule has 1 fully saturated rings. The highest BCUT2D eigenvalue weighted by Crippen LogP contribution is 2.43. The molecule has 3 nitrogen and oxygen atoms in total. The minimum Gasteiger partial charge on any atom is -0.490 e. The Labute approximate surface area is 140 Å². The first-order valence-corrected chi connectivity index (χ1v) is 8.71. The van der Waals surface area contributed by atoms with Gasteiger partial charge in [-0.25, -0.2) is 0 Å². The number of benzene rings is 1. The second-order valence-corrected chi connectivity index (χ2v) is 6.36. The molecule has 0 spiro atoms. The van der Waals surface area contributed by atoms with Crippen LogP contribution in [0.1, 0.15) is 37.6 Å². The predicted octanol–water partition coefficient (Wildman–Crippen LogP) is 4.95. The second kappa shape index (κ2) is 8.25. The lowest BCUT2D eigenvalue weighted by Gasteiger charge is -2.27. The van der Waals surface area contributed by atoms with Gasteiger partial charge in [-0.3, -0.25) is 0 Å². The molecule has 0 radical (unpaired) electrons. The molecular formula is C16H22BrClO3. The van der Waals surface area contributed by atoms with Crippen LogP contribution in [0.5, 0.6) is 11.5 Å². The van der Waals surface area contributed by atoms with E-state index in [9.17, 15) is 0 Å². The molecule has 0 saturated carbocycles. The summed E-state index contributed by atoms with van der Waals surface area (Å²) < 4.78 is 17.7. The van der Waals surface area contributed by atoms with Crippen LogP contribution in [0, 0.1) is 5.92 Å². The quantitative estimate of drug-likeness (QED) is 0.656. The highest BCUT2D eigenvalue weighted by Gasteiger charge is 2.26. The zero-order valence-electron chi connectivity index (χ0n) is 12.5. The molecule has 21 heavy (non-hydrogen) atoms. The Morgan fingerprint density at radius 2 is 1.76 bits per heavy atom. The summed E-state index contributed by atoms with van der Waals surface area (Å²) in [5, 5.41) is -0.0434. The Bertz CT molecular complexity index is 461. The average Bonchev–Trinajstić information content (AvgIpc) is 2.50. The third kappa shape index (κ3) is 4.27. The normalized spacial score (nSPS) is 17.5. The van der Waals surface area contributed by atoms with Crippen molar-refractivity contribution in [3.8, 4) is 11.5 Å². The summed E-state index contributed by atoms with van der Waals surface area (Å²) in [6, 6.07) is 3.96. The summed E-state index contributed by atoms with van der Waals surface area (Å²) >= 11 is 10.3. The maximum atomic E-state index is 6.71. The lowest BCUT2D eigenvalue weighted by Crippen LogP contribution is -2.19. The molecule has 0 aliphatic carbocycles. The van der Waals surface area contributed by atoms with Gasteiger partial charge in [0.1, 0.15) is 0 Å². The number of hydrogen-bond acceptors (Lipinski definition) is 3. The van der Waals surface area contributed by atoms with Crippen LogP contribution in [-0.2, 0) is 4.74 Å². The topological polar surface area (TPSA) is 27.7 Å². The third-order valence-electron chi connectivity index (χ3n) is 3.64. The van der Waals surface area contributed by atoms with Gasteiger partial charge in [0.25, 0.3) is 0 Å². The molecule has 1 unspecified atom stereocenters. The van der Waals surface area contributed by atoms with Gasteiger partial charge in [-0.1, -0.05) is 15.9 Å². The molecule has 0 N–H and O–H groups in total. The van der Waals surface area contributed by atoms with Crippen molar-refractivity contribution in [1.29, 1.82) is 0 Å². The van der Waals surface area contributed by atoms with E-state index in [4.69, 9.17) is 25.8 Å². The summed E-state index contributed by atoms with van der Waals surface area (Å²) in [7, 11) is 0. The van der Waals surface area contributed by atoms with Gasteiger partial charge in [-0.05, 0) is 50.3 Å². The van der Waals surface area contributed by atoms with E-state index in [1.807, 2.05) is 26.0 Å². The number of hydrogen-bond donors (Lipinski definition) is 0. The number of alkyl halides is 1. The minimum atomic E-state index is -0.0434. The molecule has 1 atom stereocenters. The van der Waals surface area contributed by atoms with Crippen LogP contribution in [0.15, 0.2) is 16.6 Å². The van der Waals surface area contributed by atoms with Crippen molar-refractivity contribution in [2.45, 2.75) is 32.1 Å². The average molecular weight is 378 g/mol. The zero-order valence-corrected chi connectivity index (χ0v) is 14.9. The van der Waals surface area contributed by atoms with E-state index in [0.717, 1.165) is 47.6 Å². The van der Waals surface area contributed by atoms with E-state index < -0.39 is 0 Å². The summed E-state index contributed by atoms with van der Waals surface area (Å²) in [6.07, 6.45) is 2.00. The molecule has 1 aromatic rings. The zero-order chi connectivity index (χ0) is 15.2. The molecule has 2 rings (SSSR count). The van der Waals surface area contributed by atoms with Crippen LogP contribution >= 0.6 is 27.5 Å². The van der Waals surface area contributed by atoms with E-state index in [1.54, 1.807) is 0 Å². The van der Waals surface area contributed by atoms with Crippen molar-refractivity contribution in [2.24, 2.45) is 5.92 Å². The van der Waals surface area contributed by atoms with E-state index in [2.05, 4.69) is 15.9 Å². The Morgan fingerprint density at radius 1 is 1.19 bits per heavy atom. The number of rotatable bonds is 6. The summed E-state index contributed by atoms with van der Waals surface area (Å²) in [5.74, 6) is 1.95. The summed E-state index contributed by atoms with van der Waals surface area (Å²) in [4.78, 5) is 0. The monoisotopic (exact) mass is 376 g/mol. The number of ether oxygens (including phenoxy) is 3. The van der Waals surface area contributed by atoms with Crippen LogP contribution in [0.3, 0.4) is 0 Å². The lowest BCUT2D eigenvalue weighted by molar-refractivity contribution is 0.0650. The van der Waals surface area contributed by atoms with Gasteiger partial charge >= 0.3 is 0 Å². The maximum absolute atomic E-state index is 6.71. The summed E-state index contributed by atoms with van der Waals surface area (Å²) in [6.45, 7) is 6.72. The molecule has 0 bridgehead atoms. The Morgan fingerprint density at radius 3 is 2.33 bits per heavy atom. The van der Waals surface area contributed by atoms with Gasteiger partial charge in [0.2, 0.25) is 0 Å². The van der Waals surface area contributed by atoms with Crippen LogP contribution in [0.25, 0.3) is 0 Å². The Kier molecular flexibility index (Phi) is 6.65. The molecule has 1 aliphatic rings. The van der Waals surface area contributed by atoms with Gasteiger partial charge in [-0.2, -0.15) is 0 Å². The van der Waals surface area contributed by atoms with Crippen LogP contribution in [0.2, 0.25) is 0 Å². The van der Waals surface area contributed by atoms with Crippen molar-refractivity contribution < 1.29 is 14.2 Å². The molecular weight excluding hydrogens is 356 g/mol. The van der Waals surface area contributed by atoms with Gasteiger partial charge < -0.3 is 14.2 Å². The van der Waals surface area contributed by atoms with Gasteiger partial charge in [-0.15, -0.1) is 11.6 Å². The van der Waals surface area contributed by atoms with E-state index in [1.165, 1.54) is 0 Å². The van der Waals surface area contributed by atoms with E-state index in [0.29, 0.717) is 19.1 Å². The molecule has 5 heteroatoms. The van der Waals surface area contributed by atoms with Crippen molar-refractivity contribution >= 4 is 27.5 Å². The fraction of sp³-hybridized carbons (Fsp3) is 0.625. The van der Waals surface area contributed by atoms with Crippen LogP contribution < -0.4 is 9.47 Å². The largest absolute Gasteiger partial charge is 0.490 e. The van der Waals surface area contributed by atoms with E-state index in [-0.39, 0.29) is 5.38 Å². The minimum absolute atomic E-state index is 0.0434. The maximum Gasteiger partial charge on any atom is 0.162 e. The molecule has 1 aromatic carbocycles. The first-order valence-electron chi connectivity index (χ1n) is 7.48. The fourth-order valence-electron chi connectivity index (χ4n) is 2.56. The van der Waals surface area contributed by atoms with Crippen LogP contribution in [0.4, 0.5) is 0 Å². The predicted molar refractivity (Wildman–Crippen MR) is 88.6 cm³/mol. The SMILES string of the molecule is CCOc1cc(Br)c(C(Cl)C2CCOCC2)cc1OCC. The molecule has 1 heterocycles. The molecule has 1 saturated heterocycles. The third-order valence-corrected chi connectivity index (χ3v) is 4.92. The van der Waals surface area contributed by atoms with E-state index >= 15 is 0 Å². The van der Waals surface area contributed by atoms with Gasteiger partial charge in [0.15, 0.2) is 11.5 Å². The highest BCUT2D eigenvalue weighted by molar-refractivity contribution is 9.10. The fourth-order valence-corrected chi connectivity index (χ4v) is 3.69. The van der Waals surface area contributed by atoms with Gasteiger partial charge in [0, 0.05) is 17.7 Å². The first-order chi connectivity index (χ1) is 10.2. The molecule has 0 amide bonds. The van der Waals surface area contributed by atoms with Gasteiger partial charge in [0.05, 0.1) is 18.6 Å². The smallest absolute Gasteiger partial charge is 0.162 e. The second-order valence-electron chi connectivity index (χ2n) is 5.04.